The fourth-order valence-corrected chi connectivity index (χ4v) is 2.70. The average molecular weight is 282 g/mol. The molecule has 1 aromatic rings. The number of hydrogen-bond acceptors (Lipinski definition) is 5. The minimum absolute atomic E-state index is 0.00864. The number of carbonyl (C=O) groups excluding carboxylic acids is 1. The van der Waals surface area contributed by atoms with E-state index in [-0.39, 0.29) is 5.78 Å². The third-order valence-electron chi connectivity index (χ3n) is 2.48. The van der Waals surface area contributed by atoms with Crippen molar-refractivity contribution in [1.29, 1.82) is 0 Å². The molecule has 18 heavy (non-hydrogen) atoms. The Morgan fingerprint density at radius 1 is 1.17 bits per heavy atom. The van der Waals surface area contributed by atoms with Crippen LogP contribution >= 0.6 is 23.5 Å². The molecule has 0 aliphatic carbocycles. The van der Waals surface area contributed by atoms with E-state index in [1.807, 2.05) is 12.5 Å². The molecule has 0 fully saturated rings. The summed E-state index contributed by atoms with van der Waals surface area (Å²) in [5.41, 5.74) is 0.625. The molecule has 2 rings (SSSR count). The maximum atomic E-state index is 12.1. The molecule has 5 heteroatoms. The van der Waals surface area contributed by atoms with Gasteiger partial charge in [-0.15, -0.1) is 23.5 Å². The van der Waals surface area contributed by atoms with Gasteiger partial charge in [-0.1, -0.05) is 0 Å². The Hall–Kier alpha value is -1.07. The quantitative estimate of drug-likeness (QED) is 0.626. The van der Waals surface area contributed by atoms with Crippen molar-refractivity contribution < 1.29 is 14.3 Å². The van der Waals surface area contributed by atoms with Crippen molar-refractivity contribution in [3.63, 3.8) is 0 Å². The fourth-order valence-electron chi connectivity index (χ4n) is 1.59. The van der Waals surface area contributed by atoms with Gasteiger partial charge in [0, 0.05) is 15.9 Å². The second-order valence-electron chi connectivity index (χ2n) is 3.59. The van der Waals surface area contributed by atoms with Crippen LogP contribution in [0.5, 0.6) is 11.5 Å². The highest BCUT2D eigenvalue weighted by Crippen LogP contribution is 2.31. The topological polar surface area (TPSA) is 35.5 Å². The molecule has 1 aromatic carbocycles. The van der Waals surface area contributed by atoms with E-state index in [0.29, 0.717) is 30.3 Å². The van der Waals surface area contributed by atoms with Gasteiger partial charge in [-0.2, -0.15) is 0 Å². The molecule has 1 heterocycles. The van der Waals surface area contributed by atoms with Crippen LogP contribution in [-0.2, 0) is 0 Å². The Balaban J connectivity index is 2.23. The summed E-state index contributed by atoms with van der Waals surface area (Å²) >= 11 is 3.14. The highest BCUT2D eigenvalue weighted by molar-refractivity contribution is 8.21. The molecule has 3 nitrogen and oxygen atoms in total. The van der Waals surface area contributed by atoms with Crippen molar-refractivity contribution >= 4 is 29.3 Å². The van der Waals surface area contributed by atoms with E-state index in [1.54, 1.807) is 47.8 Å². The van der Waals surface area contributed by atoms with Gasteiger partial charge in [0.25, 0.3) is 0 Å². The number of benzene rings is 1. The van der Waals surface area contributed by atoms with Crippen LogP contribution in [0.3, 0.4) is 0 Å². The molecule has 0 saturated carbocycles. The molecular weight excluding hydrogens is 268 g/mol. The molecule has 1 aliphatic heterocycles. The van der Waals surface area contributed by atoms with Gasteiger partial charge in [0.1, 0.15) is 13.2 Å². The molecule has 0 saturated heterocycles. The Morgan fingerprint density at radius 2 is 1.83 bits per heavy atom. The molecule has 0 aromatic heterocycles. The zero-order valence-corrected chi connectivity index (χ0v) is 11.9. The monoisotopic (exact) mass is 282 g/mol. The Labute approximate surface area is 115 Å². The second-order valence-corrected chi connectivity index (χ2v) is 5.55. The van der Waals surface area contributed by atoms with Crippen molar-refractivity contribution in [3.05, 3.63) is 34.1 Å². The van der Waals surface area contributed by atoms with Crippen molar-refractivity contribution in [2.24, 2.45) is 0 Å². The number of hydrogen-bond donors (Lipinski definition) is 0. The molecule has 0 unspecified atom stereocenters. The van der Waals surface area contributed by atoms with Crippen LogP contribution in [0.4, 0.5) is 0 Å². The third kappa shape index (κ3) is 3.03. The van der Waals surface area contributed by atoms with Crippen molar-refractivity contribution in [3.8, 4) is 11.5 Å². The van der Waals surface area contributed by atoms with Crippen LogP contribution in [-0.4, -0.2) is 31.5 Å². The maximum Gasteiger partial charge on any atom is 0.187 e. The fraction of sp³-hybridized carbons (Fsp3) is 0.308. The van der Waals surface area contributed by atoms with Crippen LogP contribution in [0.2, 0.25) is 0 Å². The molecule has 0 atom stereocenters. The van der Waals surface area contributed by atoms with E-state index in [1.165, 1.54) is 0 Å². The summed E-state index contributed by atoms with van der Waals surface area (Å²) in [5.74, 6) is 1.35. The number of rotatable bonds is 4. The minimum Gasteiger partial charge on any atom is -0.486 e. The summed E-state index contributed by atoms with van der Waals surface area (Å²) < 4.78 is 11.9. The summed E-state index contributed by atoms with van der Waals surface area (Å²) in [4.78, 5) is 12.1. The van der Waals surface area contributed by atoms with Gasteiger partial charge in [0.15, 0.2) is 17.3 Å². The number of fused-ring (bicyclic) bond motifs is 1. The number of allylic oxidation sites excluding steroid dienone is 1. The van der Waals surface area contributed by atoms with Gasteiger partial charge in [0.05, 0.1) is 0 Å². The number of carbonyl (C=O) groups is 1. The first-order valence-electron chi connectivity index (χ1n) is 5.48. The largest absolute Gasteiger partial charge is 0.486 e. The number of ether oxygens (including phenoxy) is 2. The normalized spacial score (nSPS) is 13.0. The second kappa shape index (κ2) is 6.20. The molecule has 96 valence electrons. The molecule has 0 spiro atoms. The summed E-state index contributed by atoms with van der Waals surface area (Å²) in [7, 11) is 0. The van der Waals surface area contributed by atoms with Crippen LogP contribution in [0.1, 0.15) is 10.4 Å². The summed E-state index contributed by atoms with van der Waals surface area (Å²) in [6, 6.07) is 5.30. The van der Waals surface area contributed by atoms with Crippen LogP contribution in [0.25, 0.3) is 0 Å². The number of thioether (sulfide) groups is 2. The van der Waals surface area contributed by atoms with Gasteiger partial charge in [0.2, 0.25) is 0 Å². The molecular formula is C13H14O3S2. The predicted molar refractivity (Wildman–Crippen MR) is 76.9 cm³/mol. The summed E-state index contributed by atoms with van der Waals surface area (Å²) in [6.07, 6.45) is 5.57. The first-order chi connectivity index (χ1) is 8.74. The van der Waals surface area contributed by atoms with E-state index < -0.39 is 0 Å². The molecule has 1 aliphatic rings. The Kier molecular flexibility index (Phi) is 4.60. The van der Waals surface area contributed by atoms with Gasteiger partial charge >= 0.3 is 0 Å². The SMILES string of the molecule is CSC(=CC(=O)c1ccc2c(c1)OCCO2)SC. The lowest BCUT2D eigenvalue weighted by Gasteiger charge is -2.18. The first-order valence-corrected chi connectivity index (χ1v) is 7.93. The zero-order chi connectivity index (χ0) is 13.0. The van der Waals surface area contributed by atoms with Gasteiger partial charge in [-0.05, 0) is 30.7 Å². The van der Waals surface area contributed by atoms with Crippen LogP contribution in [0.15, 0.2) is 28.5 Å². The van der Waals surface area contributed by atoms with Gasteiger partial charge in [-0.3, -0.25) is 4.79 Å². The molecule has 0 N–H and O–H groups in total. The predicted octanol–water partition coefficient (Wildman–Crippen LogP) is 3.21. The van der Waals surface area contributed by atoms with Crippen LogP contribution in [0, 0.1) is 0 Å². The van der Waals surface area contributed by atoms with E-state index in [4.69, 9.17) is 9.47 Å². The summed E-state index contributed by atoms with van der Waals surface area (Å²) in [5, 5.41) is 0. The highest BCUT2D eigenvalue weighted by Gasteiger charge is 2.14. The lowest BCUT2D eigenvalue weighted by molar-refractivity contribution is 0.104. The van der Waals surface area contributed by atoms with E-state index in [0.717, 1.165) is 4.24 Å². The van der Waals surface area contributed by atoms with Crippen LogP contribution < -0.4 is 9.47 Å². The minimum atomic E-state index is -0.00864. The first kappa shape index (κ1) is 13.4. The number of ketones is 1. The summed E-state index contributed by atoms with van der Waals surface area (Å²) in [6.45, 7) is 1.09. The molecule has 0 amide bonds. The van der Waals surface area contributed by atoms with Crippen molar-refractivity contribution in [2.75, 3.05) is 25.7 Å². The lowest BCUT2D eigenvalue weighted by atomic mass is 10.1. The lowest BCUT2D eigenvalue weighted by Crippen LogP contribution is -2.15. The molecule has 0 radical (unpaired) electrons. The van der Waals surface area contributed by atoms with E-state index >= 15 is 0 Å². The Bertz CT molecular complexity index is 477. The standard InChI is InChI=1S/C13H14O3S2/c1-17-13(18-2)8-10(14)9-3-4-11-12(7-9)16-6-5-15-11/h3-4,7-8H,5-6H2,1-2H3. The van der Waals surface area contributed by atoms with E-state index in [9.17, 15) is 4.79 Å². The Morgan fingerprint density at radius 3 is 2.50 bits per heavy atom. The van der Waals surface area contributed by atoms with Gasteiger partial charge in [-0.25, -0.2) is 0 Å². The van der Waals surface area contributed by atoms with Crippen molar-refractivity contribution in [2.45, 2.75) is 0 Å². The average Bonchev–Trinajstić information content (AvgIpc) is 2.44. The maximum absolute atomic E-state index is 12.1. The zero-order valence-electron chi connectivity index (χ0n) is 10.3. The van der Waals surface area contributed by atoms with Crippen molar-refractivity contribution in [1.82, 2.24) is 0 Å². The third-order valence-corrected chi connectivity index (χ3v) is 4.52. The van der Waals surface area contributed by atoms with E-state index in [2.05, 4.69) is 0 Å². The molecule has 0 bridgehead atoms. The van der Waals surface area contributed by atoms with Gasteiger partial charge < -0.3 is 9.47 Å². The smallest absolute Gasteiger partial charge is 0.187 e. The highest BCUT2D eigenvalue weighted by atomic mass is 32.2.